The molecule has 9 heteroatoms. The first kappa shape index (κ1) is 21.6. The molecule has 1 aliphatic rings. The number of anilines is 2. The second kappa shape index (κ2) is 8.74. The van der Waals surface area contributed by atoms with Gasteiger partial charge in [-0.2, -0.15) is 5.10 Å². The van der Waals surface area contributed by atoms with Crippen LogP contribution in [-0.2, 0) is 10.2 Å². The molecule has 0 saturated carbocycles. The van der Waals surface area contributed by atoms with Crippen LogP contribution in [0.2, 0.25) is 0 Å². The average Bonchev–Trinajstić information content (AvgIpc) is 3.12. The third kappa shape index (κ3) is 5.10. The van der Waals surface area contributed by atoms with Crippen LogP contribution in [0.25, 0.3) is 0 Å². The van der Waals surface area contributed by atoms with Crippen molar-refractivity contribution in [1.82, 2.24) is 20.4 Å². The quantitative estimate of drug-likeness (QED) is 0.601. The summed E-state index contributed by atoms with van der Waals surface area (Å²) in [5.74, 6) is 1.14. The number of aromatic nitrogens is 2. The van der Waals surface area contributed by atoms with E-state index in [1.807, 2.05) is 33.8 Å². The highest BCUT2D eigenvalue weighted by molar-refractivity contribution is 5.99. The van der Waals surface area contributed by atoms with Gasteiger partial charge in [0.15, 0.2) is 6.29 Å². The molecule has 3 amide bonds. The fourth-order valence-corrected chi connectivity index (χ4v) is 3.16. The Balaban J connectivity index is 1.82. The van der Waals surface area contributed by atoms with Gasteiger partial charge >= 0.3 is 6.03 Å². The SMILES string of the molecule is CCC1CC(=O)NC(n2nc(C(C)(C)C)cc2NC(=O)Nc2ccc(OC)cc2)N1. The molecule has 3 rings (SSSR count). The molecular weight excluding hydrogens is 384 g/mol. The van der Waals surface area contributed by atoms with Crippen LogP contribution in [0.4, 0.5) is 16.3 Å². The molecule has 2 heterocycles. The molecule has 0 aliphatic carbocycles. The molecule has 1 saturated heterocycles. The summed E-state index contributed by atoms with van der Waals surface area (Å²) in [5.41, 5.74) is 1.21. The average molecular weight is 415 g/mol. The van der Waals surface area contributed by atoms with Crippen LogP contribution in [0, 0.1) is 0 Å². The van der Waals surface area contributed by atoms with Crippen LogP contribution in [-0.4, -0.2) is 34.9 Å². The first-order chi connectivity index (χ1) is 14.2. The van der Waals surface area contributed by atoms with Gasteiger partial charge in [0, 0.05) is 29.6 Å². The van der Waals surface area contributed by atoms with Gasteiger partial charge in [-0.1, -0.05) is 27.7 Å². The predicted molar refractivity (Wildman–Crippen MR) is 116 cm³/mol. The van der Waals surface area contributed by atoms with Gasteiger partial charge in [0.1, 0.15) is 11.6 Å². The van der Waals surface area contributed by atoms with E-state index < -0.39 is 12.3 Å². The van der Waals surface area contributed by atoms with Crippen molar-refractivity contribution in [2.45, 2.75) is 58.3 Å². The number of amides is 3. The molecule has 2 atom stereocenters. The molecule has 1 aromatic heterocycles. The monoisotopic (exact) mass is 414 g/mol. The molecule has 0 bridgehead atoms. The molecule has 0 radical (unpaired) electrons. The van der Waals surface area contributed by atoms with Crippen molar-refractivity contribution >= 4 is 23.4 Å². The highest BCUT2D eigenvalue weighted by Crippen LogP contribution is 2.26. The number of hydrogen-bond donors (Lipinski definition) is 4. The maximum atomic E-state index is 12.6. The lowest BCUT2D eigenvalue weighted by Crippen LogP contribution is -2.53. The number of urea groups is 1. The molecular formula is C21H30N6O3. The molecule has 2 unspecified atom stereocenters. The van der Waals surface area contributed by atoms with E-state index in [0.29, 0.717) is 23.7 Å². The minimum atomic E-state index is -0.538. The Morgan fingerprint density at radius 1 is 1.27 bits per heavy atom. The van der Waals surface area contributed by atoms with E-state index >= 15 is 0 Å². The smallest absolute Gasteiger partial charge is 0.324 e. The topological polar surface area (TPSA) is 109 Å². The Morgan fingerprint density at radius 2 is 1.97 bits per heavy atom. The van der Waals surface area contributed by atoms with Crippen LogP contribution in [0.3, 0.4) is 0 Å². The molecule has 4 N–H and O–H groups in total. The van der Waals surface area contributed by atoms with Gasteiger partial charge < -0.3 is 15.4 Å². The van der Waals surface area contributed by atoms with Gasteiger partial charge in [-0.05, 0) is 30.7 Å². The molecule has 1 aliphatic heterocycles. The summed E-state index contributed by atoms with van der Waals surface area (Å²) in [6.07, 6.45) is 0.697. The van der Waals surface area contributed by atoms with E-state index in [2.05, 4.69) is 26.4 Å². The third-order valence-electron chi connectivity index (χ3n) is 4.95. The zero-order chi connectivity index (χ0) is 21.9. The van der Waals surface area contributed by atoms with E-state index in [4.69, 9.17) is 4.74 Å². The van der Waals surface area contributed by atoms with E-state index in [-0.39, 0.29) is 17.4 Å². The summed E-state index contributed by atoms with van der Waals surface area (Å²) in [4.78, 5) is 24.8. The fraction of sp³-hybridized carbons (Fsp3) is 0.476. The number of benzene rings is 1. The second-order valence-electron chi connectivity index (χ2n) is 8.36. The van der Waals surface area contributed by atoms with Gasteiger partial charge in [0.25, 0.3) is 0 Å². The Labute approximate surface area is 176 Å². The first-order valence-electron chi connectivity index (χ1n) is 10.1. The largest absolute Gasteiger partial charge is 0.497 e. The molecule has 1 fully saturated rings. The molecule has 0 spiro atoms. The van der Waals surface area contributed by atoms with Crippen LogP contribution in [0.1, 0.15) is 52.5 Å². The lowest BCUT2D eigenvalue weighted by Gasteiger charge is -2.32. The lowest BCUT2D eigenvalue weighted by molar-refractivity contribution is -0.125. The van der Waals surface area contributed by atoms with E-state index in [0.717, 1.165) is 12.1 Å². The van der Waals surface area contributed by atoms with Crippen LogP contribution >= 0.6 is 0 Å². The summed E-state index contributed by atoms with van der Waals surface area (Å²) in [5, 5.41) is 16.6. The van der Waals surface area contributed by atoms with Crippen LogP contribution < -0.4 is 26.0 Å². The van der Waals surface area contributed by atoms with Crippen molar-refractivity contribution in [3.8, 4) is 5.75 Å². The second-order valence-corrected chi connectivity index (χ2v) is 8.36. The third-order valence-corrected chi connectivity index (χ3v) is 4.95. The maximum absolute atomic E-state index is 12.6. The minimum Gasteiger partial charge on any atom is -0.497 e. The Morgan fingerprint density at radius 3 is 2.57 bits per heavy atom. The summed E-state index contributed by atoms with van der Waals surface area (Å²) in [6, 6.07) is 8.52. The number of ether oxygens (including phenoxy) is 1. The van der Waals surface area contributed by atoms with Crippen molar-refractivity contribution in [2.24, 2.45) is 0 Å². The first-order valence-corrected chi connectivity index (χ1v) is 10.1. The van der Waals surface area contributed by atoms with Crippen molar-refractivity contribution in [2.75, 3.05) is 17.7 Å². The van der Waals surface area contributed by atoms with Gasteiger partial charge in [0.05, 0.1) is 12.8 Å². The highest BCUT2D eigenvalue weighted by atomic mass is 16.5. The van der Waals surface area contributed by atoms with E-state index in [1.54, 1.807) is 36.1 Å². The lowest BCUT2D eigenvalue weighted by atomic mass is 9.92. The number of methoxy groups -OCH3 is 1. The summed E-state index contributed by atoms with van der Waals surface area (Å²) in [6.45, 7) is 8.16. The molecule has 1 aromatic carbocycles. The fourth-order valence-electron chi connectivity index (χ4n) is 3.16. The van der Waals surface area contributed by atoms with Crippen molar-refractivity contribution < 1.29 is 14.3 Å². The predicted octanol–water partition coefficient (Wildman–Crippen LogP) is 3.18. The number of hydrogen-bond acceptors (Lipinski definition) is 5. The molecule has 30 heavy (non-hydrogen) atoms. The van der Waals surface area contributed by atoms with Gasteiger partial charge in [-0.15, -0.1) is 0 Å². The summed E-state index contributed by atoms with van der Waals surface area (Å²) in [7, 11) is 1.59. The highest BCUT2D eigenvalue weighted by Gasteiger charge is 2.30. The number of nitrogens with zero attached hydrogens (tertiary/aromatic N) is 2. The van der Waals surface area contributed by atoms with Gasteiger partial charge in [-0.3, -0.25) is 15.4 Å². The minimum absolute atomic E-state index is 0.0482. The Kier molecular flexibility index (Phi) is 6.31. The van der Waals surface area contributed by atoms with E-state index in [1.165, 1.54) is 0 Å². The van der Waals surface area contributed by atoms with Gasteiger partial charge in [-0.25, -0.2) is 9.48 Å². The van der Waals surface area contributed by atoms with Crippen molar-refractivity contribution in [3.63, 3.8) is 0 Å². The molecule has 9 nitrogen and oxygen atoms in total. The van der Waals surface area contributed by atoms with Crippen molar-refractivity contribution in [1.29, 1.82) is 0 Å². The Bertz CT molecular complexity index is 900. The Hall–Kier alpha value is -3.07. The summed E-state index contributed by atoms with van der Waals surface area (Å²) >= 11 is 0. The zero-order valence-electron chi connectivity index (χ0n) is 18.1. The molecule has 162 valence electrons. The summed E-state index contributed by atoms with van der Waals surface area (Å²) < 4.78 is 6.75. The number of carbonyl (C=O) groups is 2. The maximum Gasteiger partial charge on any atom is 0.324 e. The standard InChI is InChI=1S/C21H30N6O3/c1-6-13-11-18(28)25-19(22-13)27-17(12-16(26-27)21(2,3)4)24-20(29)23-14-7-9-15(30-5)10-8-14/h7-10,12-13,19,22H,6,11H2,1-5H3,(H,25,28)(H2,23,24,29). The van der Waals surface area contributed by atoms with Crippen LogP contribution in [0.5, 0.6) is 5.75 Å². The van der Waals surface area contributed by atoms with Crippen LogP contribution in [0.15, 0.2) is 30.3 Å². The zero-order valence-corrected chi connectivity index (χ0v) is 18.1. The number of carbonyl (C=O) groups excluding carboxylic acids is 2. The molecule has 2 aromatic rings. The van der Waals surface area contributed by atoms with E-state index in [9.17, 15) is 9.59 Å². The normalized spacial score (nSPS) is 19.2. The number of nitrogens with one attached hydrogen (secondary N) is 4. The number of rotatable bonds is 5. The van der Waals surface area contributed by atoms with Crippen molar-refractivity contribution in [3.05, 3.63) is 36.0 Å². The van der Waals surface area contributed by atoms with Gasteiger partial charge in [0.2, 0.25) is 5.91 Å².